The normalized spacial score (nSPS) is 12.4. The molecule has 1 aromatic carbocycles. The molecule has 0 spiro atoms. The summed E-state index contributed by atoms with van der Waals surface area (Å²) in [5.41, 5.74) is 1.10. The first-order chi connectivity index (χ1) is 10.2. The van der Waals surface area contributed by atoms with Gasteiger partial charge >= 0.3 is 0 Å². The number of hydrogen-bond donors (Lipinski definition) is 1. The van der Waals surface area contributed by atoms with Gasteiger partial charge in [-0.2, -0.15) is 0 Å². The van der Waals surface area contributed by atoms with Gasteiger partial charge in [0.05, 0.1) is 12.6 Å². The molecule has 2 rings (SSSR count). The third kappa shape index (κ3) is 4.25. The highest BCUT2D eigenvalue weighted by molar-refractivity contribution is 9.10. The van der Waals surface area contributed by atoms with Crippen molar-refractivity contribution in [2.45, 2.75) is 26.3 Å². The second-order valence-electron chi connectivity index (χ2n) is 4.65. The van der Waals surface area contributed by atoms with Crippen molar-refractivity contribution in [2.75, 3.05) is 13.2 Å². The van der Waals surface area contributed by atoms with Gasteiger partial charge in [0.15, 0.2) is 5.22 Å². The molecule has 21 heavy (non-hydrogen) atoms. The number of hydrogen-bond acceptors (Lipinski definition) is 3. The Balaban J connectivity index is 2.32. The first kappa shape index (κ1) is 16.4. The zero-order valence-electron chi connectivity index (χ0n) is 12.2. The Morgan fingerprint density at radius 2 is 2.10 bits per heavy atom. The molecule has 0 aliphatic heterocycles. The molecule has 3 nitrogen and oxygen atoms in total. The van der Waals surface area contributed by atoms with E-state index in [1.807, 2.05) is 31.2 Å². The van der Waals surface area contributed by atoms with Crippen molar-refractivity contribution in [2.24, 2.45) is 0 Å². The summed E-state index contributed by atoms with van der Waals surface area (Å²) in [7, 11) is 0. The Labute approximate surface area is 138 Å². The predicted molar refractivity (Wildman–Crippen MR) is 89.2 cm³/mol. The Bertz CT molecular complexity index is 585. The van der Waals surface area contributed by atoms with Gasteiger partial charge in [0.1, 0.15) is 11.5 Å². The van der Waals surface area contributed by atoms with Crippen LogP contribution in [0, 0.1) is 0 Å². The van der Waals surface area contributed by atoms with Gasteiger partial charge in [0, 0.05) is 4.47 Å². The maximum Gasteiger partial charge on any atom is 0.193 e. The van der Waals surface area contributed by atoms with Crippen LogP contribution in [0.1, 0.15) is 37.6 Å². The topological polar surface area (TPSA) is 34.4 Å². The van der Waals surface area contributed by atoms with Crippen LogP contribution in [0.2, 0.25) is 5.22 Å². The van der Waals surface area contributed by atoms with Crippen LogP contribution in [0.15, 0.2) is 39.2 Å². The SMILES string of the molecule is CCCNC(c1ccc(Cl)o1)c1ccc(OCC)cc1Br. The summed E-state index contributed by atoms with van der Waals surface area (Å²) >= 11 is 9.53. The summed E-state index contributed by atoms with van der Waals surface area (Å²) in [6, 6.07) is 9.61. The van der Waals surface area contributed by atoms with Crippen LogP contribution in [0.5, 0.6) is 5.75 Å². The summed E-state index contributed by atoms with van der Waals surface area (Å²) < 4.78 is 12.1. The van der Waals surface area contributed by atoms with Crippen molar-refractivity contribution in [3.8, 4) is 5.75 Å². The average Bonchev–Trinajstić information content (AvgIpc) is 2.88. The number of rotatable bonds is 7. The third-order valence-electron chi connectivity index (χ3n) is 3.07. The molecule has 114 valence electrons. The van der Waals surface area contributed by atoms with Crippen LogP contribution in [-0.4, -0.2) is 13.2 Å². The molecule has 0 saturated heterocycles. The fraction of sp³-hybridized carbons (Fsp3) is 0.375. The molecule has 0 bridgehead atoms. The Morgan fingerprint density at radius 3 is 2.67 bits per heavy atom. The number of nitrogens with one attached hydrogen (secondary N) is 1. The van der Waals surface area contributed by atoms with Gasteiger partial charge in [0.2, 0.25) is 0 Å². The molecule has 0 saturated carbocycles. The van der Waals surface area contributed by atoms with Gasteiger partial charge in [-0.05, 0) is 61.3 Å². The van der Waals surface area contributed by atoms with Gasteiger partial charge in [-0.3, -0.25) is 0 Å². The van der Waals surface area contributed by atoms with Crippen LogP contribution in [0.3, 0.4) is 0 Å². The first-order valence-electron chi connectivity index (χ1n) is 7.06. The Hall–Kier alpha value is -0.970. The van der Waals surface area contributed by atoms with E-state index in [0.29, 0.717) is 11.8 Å². The minimum absolute atomic E-state index is 0.0394. The fourth-order valence-electron chi connectivity index (χ4n) is 2.13. The van der Waals surface area contributed by atoms with Crippen molar-refractivity contribution < 1.29 is 9.15 Å². The van der Waals surface area contributed by atoms with Crippen molar-refractivity contribution >= 4 is 27.5 Å². The average molecular weight is 373 g/mol. The molecule has 0 radical (unpaired) electrons. The zero-order chi connectivity index (χ0) is 15.2. The van der Waals surface area contributed by atoms with E-state index in [1.165, 1.54) is 0 Å². The molecule has 1 heterocycles. The van der Waals surface area contributed by atoms with Gasteiger partial charge in [-0.25, -0.2) is 0 Å². The van der Waals surface area contributed by atoms with Crippen molar-refractivity contribution in [3.63, 3.8) is 0 Å². The minimum atomic E-state index is -0.0394. The molecule has 1 aromatic heterocycles. The van der Waals surface area contributed by atoms with E-state index >= 15 is 0 Å². The van der Waals surface area contributed by atoms with E-state index < -0.39 is 0 Å². The summed E-state index contributed by atoms with van der Waals surface area (Å²) in [6.07, 6.45) is 1.04. The van der Waals surface area contributed by atoms with Gasteiger partial charge in [0.25, 0.3) is 0 Å². The lowest BCUT2D eigenvalue weighted by atomic mass is 10.0. The Kier molecular flexibility index (Phi) is 6.15. The van der Waals surface area contributed by atoms with E-state index in [-0.39, 0.29) is 6.04 Å². The minimum Gasteiger partial charge on any atom is -0.494 e. The molecule has 0 aliphatic rings. The molecule has 0 fully saturated rings. The molecular formula is C16H19BrClNO2. The van der Waals surface area contributed by atoms with Crippen LogP contribution in [0.4, 0.5) is 0 Å². The highest BCUT2D eigenvalue weighted by atomic mass is 79.9. The van der Waals surface area contributed by atoms with E-state index in [1.54, 1.807) is 6.07 Å². The largest absolute Gasteiger partial charge is 0.494 e. The predicted octanol–water partition coefficient (Wildman–Crippen LogP) is 5.18. The molecule has 0 aliphatic carbocycles. The lowest BCUT2D eigenvalue weighted by molar-refractivity contribution is 0.339. The quantitative estimate of drug-likeness (QED) is 0.727. The van der Waals surface area contributed by atoms with Crippen LogP contribution < -0.4 is 10.1 Å². The Morgan fingerprint density at radius 1 is 1.29 bits per heavy atom. The standard InChI is InChI=1S/C16H19BrClNO2/c1-3-9-19-16(14-7-8-15(18)21-14)12-6-5-11(20-4-2)10-13(12)17/h5-8,10,16,19H,3-4,9H2,1-2H3. The molecule has 1 atom stereocenters. The number of furan rings is 1. The lowest BCUT2D eigenvalue weighted by Gasteiger charge is -2.19. The second-order valence-corrected chi connectivity index (χ2v) is 5.87. The number of ether oxygens (including phenoxy) is 1. The van der Waals surface area contributed by atoms with Crippen molar-refractivity contribution in [1.82, 2.24) is 5.32 Å². The molecule has 1 N–H and O–H groups in total. The summed E-state index contributed by atoms with van der Waals surface area (Å²) in [4.78, 5) is 0. The van der Waals surface area contributed by atoms with E-state index in [4.69, 9.17) is 20.8 Å². The zero-order valence-corrected chi connectivity index (χ0v) is 14.5. The van der Waals surface area contributed by atoms with Crippen LogP contribution in [0.25, 0.3) is 0 Å². The molecule has 0 amide bonds. The lowest BCUT2D eigenvalue weighted by Crippen LogP contribution is -2.23. The molecule has 2 aromatic rings. The summed E-state index contributed by atoms with van der Waals surface area (Å²) in [5.74, 6) is 1.65. The highest BCUT2D eigenvalue weighted by Gasteiger charge is 2.20. The van der Waals surface area contributed by atoms with E-state index in [9.17, 15) is 0 Å². The smallest absolute Gasteiger partial charge is 0.193 e. The number of benzene rings is 1. The van der Waals surface area contributed by atoms with Crippen molar-refractivity contribution in [3.05, 3.63) is 51.3 Å². The third-order valence-corrected chi connectivity index (χ3v) is 3.96. The monoisotopic (exact) mass is 371 g/mol. The maximum absolute atomic E-state index is 5.91. The summed E-state index contributed by atoms with van der Waals surface area (Å²) in [5, 5.41) is 3.88. The first-order valence-corrected chi connectivity index (χ1v) is 8.23. The molecule has 1 unspecified atom stereocenters. The van der Waals surface area contributed by atoms with Gasteiger partial charge in [-0.1, -0.05) is 28.9 Å². The van der Waals surface area contributed by atoms with E-state index in [2.05, 4.69) is 28.2 Å². The number of halogens is 2. The fourth-order valence-corrected chi connectivity index (χ4v) is 2.87. The highest BCUT2D eigenvalue weighted by Crippen LogP contribution is 2.33. The maximum atomic E-state index is 5.91. The van der Waals surface area contributed by atoms with E-state index in [0.717, 1.165) is 34.5 Å². The molecular weight excluding hydrogens is 354 g/mol. The summed E-state index contributed by atoms with van der Waals surface area (Å²) in [6.45, 7) is 5.64. The van der Waals surface area contributed by atoms with Crippen LogP contribution >= 0.6 is 27.5 Å². The van der Waals surface area contributed by atoms with Gasteiger partial charge < -0.3 is 14.5 Å². The molecule has 5 heteroatoms. The second kappa shape index (κ2) is 7.87. The van der Waals surface area contributed by atoms with Crippen LogP contribution in [-0.2, 0) is 0 Å². The van der Waals surface area contributed by atoms with Crippen molar-refractivity contribution in [1.29, 1.82) is 0 Å². The van der Waals surface area contributed by atoms with Gasteiger partial charge in [-0.15, -0.1) is 0 Å².